The molecule has 1 atom stereocenters. The SMILES string of the molecule is c1ccc(COc2cccc(C(c3ccccc3)N3CCNCC3)c2)cc1. The van der Waals surface area contributed by atoms with Crippen LogP contribution in [0.3, 0.4) is 0 Å². The molecule has 1 N–H and O–H groups in total. The second-order valence-corrected chi connectivity index (χ2v) is 6.95. The van der Waals surface area contributed by atoms with Gasteiger partial charge in [0.2, 0.25) is 0 Å². The van der Waals surface area contributed by atoms with Crippen LogP contribution >= 0.6 is 0 Å². The number of ether oxygens (including phenoxy) is 1. The summed E-state index contributed by atoms with van der Waals surface area (Å²) in [5.74, 6) is 0.924. The third-order valence-electron chi connectivity index (χ3n) is 5.05. The van der Waals surface area contributed by atoms with E-state index in [9.17, 15) is 0 Å². The summed E-state index contributed by atoms with van der Waals surface area (Å²) in [6.45, 7) is 4.76. The smallest absolute Gasteiger partial charge is 0.120 e. The second kappa shape index (κ2) is 8.85. The van der Waals surface area contributed by atoms with Gasteiger partial charge in [0, 0.05) is 26.2 Å². The summed E-state index contributed by atoms with van der Waals surface area (Å²) < 4.78 is 6.08. The van der Waals surface area contributed by atoms with E-state index in [0.717, 1.165) is 31.9 Å². The standard InChI is InChI=1S/C24H26N2O/c1-3-8-20(9-4-1)19-27-23-13-7-12-22(18-23)24(21-10-5-2-6-11-21)26-16-14-25-15-17-26/h1-13,18,24-25H,14-17,19H2. The van der Waals surface area contributed by atoms with E-state index in [1.807, 2.05) is 24.3 Å². The summed E-state index contributed by atoms with van der Waals surface area (Å²) in [5, 5.41) is 3.46. The third kappa shape index (κ3) is 4.57. The van der Waals surface area contributed by atoms with Crippen molar-refractivity contribution in [1.82, 2.24) is 10.2 Å². The first-order valence-electron chi connectivity index (χ1n) is 9.66. The Bertz CT molecular complexity index is 829. The number of hydrogen-bond acceptors (Lipinski definition) is 3. The lowest BCUT2D eigenvalue weighted by molar-refractivity contribution is 0.198. The van der Waals surface area contributed by atoms with E-state index in [1.165, 1.54) is 16.7 Å². The fourth-order valence-electron chi connectivity index (χ4n) is 3.71. The number of hydrogen-bond donors (Lipinski definition) is 1. The molecule has 3 aromatic carbocycles. The van der Waals surface area contributed by atoms with Crippen LogP contribution in [-0.2, 0) is 6.61 Å². The zero-order chi connectivity index (χ0) is 18.3. The monoisotopic (exact) mass is 358 g/mol. The molecule has 4 rings (SSSR count). The topological polar surface area (TPSA) is 24.5 Å². The molecule has 1 heterocycles. The van der Waals surface area contributed by atoms with Crippen LogP contribution in [0, 0.1) is 0 Å². The lowest BCUT2D eigenvalue weighted by Gasteiger charge is -2.35. The highest BCUT2D eigenvalue weighted by Gasteiger charge is 2.24. The van der Waals surface area contributed by atoms with E-state index >= 15 is 0 Å². The van der Waals surface area contributed by atoms with Gasteiger partial charge in [0.05, 0.1) is 6.04 Å². The highest BCUT2D eigenvalue weighted by molar-refractivity contribution is 5.37. The van der Waals surface area contributed by atoms with Crippen LogP contribution < -0.4 is 10.1 Å². The Kier molecular flexibility index (Phi) is 5.83. The van der Waals surface area contributed by atoms with Crippen LogP contribution in [0.1, 0.15) is 22.7 Å². The zero-order valence-electron chi connectivity index (χ0n) is 15.6. The van der Waals surface area contributed by atoms with E-state index in [0.29, 0.717) is 6.61 Å². The van der Waals surface area contributed by atoms with Crippen LogP contribution in [-0.4, -0.2) is 31.1 Å². The van der Waals surface area contributed by atoms with Crippen LogP contribution in [0.5, 0.6) is 5.75 Å². The molecule has 1 unspecified atom stereocenters. The molecule has 1 aliphatic heterocycles. The van der Waals surface area contributed by atoms with E-state index in [4.69, 9.17) is 4.74 Å². The van der Waals surface area contributed by atoms with Gasteiger partial charge in [0.15, 0.2) is 0 Å². The zero-order valence-corrected chi connectivity index (χ0v) is 15.6. The van der Waals surface area contributed by atoms with Gasteiger partial charge in [0.1, 0.15) is 12.4 Å². The van der Waals surface area contributed by atoms with Gasteiger partial charge in [-0.3, -0.25) is 4.90 Å². The number of benzene rings is 3. The summed E-state index contributed by atoms with van der Waals surface area (Å²) in [6, 6.07) is 29.9. The van der Waals surface area contributed by atoms with Gasteiger partial charge in [-0.25, -0.2) is 0 Å². The molecule has 0 bridgehead atoms. The molecule has 0 aliphatic carbocycles. The first-order chi connectivity index (χ1) is 13.4. The van der Waals surface area contributed by atoms with Crippen molar-refractivity contribution in [3.05, 3.63) is 102 Å². The van der Waals surface area contributed by atoms with Crippen LogP contribution in [0.2, 0.25) is 0 Å². The summed E-state index contributed by atoms with van der Waals surface area (Å²) in [4.78, 5) is 2.56. The molecule has 3 heteroatoms. The molecular weight excluding hydrogens is 332 g/mol. The predicted octanol–water partition coefficient (Wildman–Crippen LogP) is 4.26. The summed E-state index contributed by atoms with van der Waals surface area (Å²) in [6.07, 6.45) is 0. The Balaban J connectivity index is 1.58. The van der Waals surface area contributed by atoms with Gasteiger partial charge in [0.25, 0.3) is 0 Å². The molecule has 138 valence electrons. The van der Waals surface area contributed by atoms with Gasteiger partial charge in [-0.1, -0.05) is 72.8 Å². The molecule has 0 saturated carbocycles. The van der Waals surface area contributed by atoms with Crippen molar-refractivity contribution in [2.24, 2.45) is 0 Å². The second-order valence-electron chi connectivity index (χ2n) is 6.95. The maximum absolute atomic E-state index is 6.08. The number of nitrogens with zero attached hydrogens (tertiary/aromatic N) is 1. The molecule has 3 nitrogen and oxygen atoms in total. The molecule has 1 fully saturated rings. The quantitative estimate of drug-likeness (QED) is 0.712. The average Bonchev–Trinajstić information content (AvgIpc) is 2.75. The number of piperazine rings is 1. The van der Waals surface area contributed by atoms with Crippen LogP contribution in [0.4, 0.5) is 0 Å². The summed E-state index contributed by atoms with van der Waals surface area (Å²) >= 11 is 0. The van der Waals surface area contributed by atoms with E-state index in [2.05, 4.69) is 70.9 Å². The first kappa shape index (κ1) is 17.8. The highest BCUT2D eigenvalue weighted by atomic mass is 16.5. The van der Waals surface area contributed by atoms with Crippen LogP contribution in [0.25, 0.3) is 0 Å². The fourth-order valence-corrected chi connectivity index (χ4v) is 3.71. The molecular formula is C24H26N2O. The Morgan fingerprint density at radius 1 is 0.778 bits per heavy atom. The fraction of sp³-hybridized carbons (Fsp3) is 0.250. The van der Waals surface area contributed by atoms with Crippen molar-refractivity contribution >= 4 is 0 Å². The molecule has 0 radical (unpaired) electrons. The van der Waals surface area contributed by atoms with Crippen molar-refractivity contribution in [2.75, 3.05) is 26.2 Å². The predicted molar refractivity (Wildman–Crippen MR) is 110 cm³/mol. The van der Waals surface area contributed by atoms with Gasteiger partial charge in [-0.05, 0) is 28.8 Å². The van der Waals surface area contributed by atoms with Crippen LogP contribution in [0.15, 0.2) is 84.9 Å². The maximum Gasteiger partial charge on any atom is 0.120 e. The summed E-state index contributed by atoms with van der Waals surface area (Å²) in [5.41, 5.74) is 3.80. The third-order valence-corrected chi connectivity index (χ3v) is 5.05. The molecule has 27 heavy (non-hydrogen) atoms. The molecule has 1 aliphatic rings. The minimum Gasteiger partial charge on any atom is -0.489 e. The molecule has 1 saturated heterocycles. The Labute approximate surface area is 161 Å². The minimum absolute atomic E-state index is 0.258. The molecule has 0 spiro atoms. The van der Waals surface area contributed by atoms with Crippen molar-refractivity contribution in [3.8, 4) is 5.75 Å². The molecule has 0 amide bonds. The largest absolute Gasteiger partial charge is 0.489 e. The van der Waals surface area contributed by atoms with Gasteiger partial charge in [-0.15, -0.1) is 0 Å². The maximum atomic E-state index is 6.08. The lowest BCUT2D eigenvalue weighted by atomic mass is 9.96. The minimum atomic E-state index is 0.258. The van der Waals surface area contributed by atoms with E-state index < -0.39 is 0 Å². The number of nitrogens with one attached hydrogen (secondary N) is 1. The van der Waals surface area contributed by atoms with Crippen molar-refractivity contribution in [2.45, 2.75) is 12.6 Å². The van der Waals surface area contributed by atoms with Crippen molar-refractivity contribution in [1.29, 1.82) is 0 Å². The van der Waals surface area contributed by atoms with E-state index in [-0.39, 0.29) is 6.04 Å². The van der Waals surface area contributed by atoms with Gasteiger partial charge in [-0.2, -0.15) is 0 Å². The first-order valence-corrected chi connectivity index (χ1v) is 9.66. The Morgan fingerprint density at radius 2 is 1.44 bits per heavy atom. The molecule has 3 aromatic rings. The highest BCUT2D eigenvalue weighted by Crippen LogP contribution is 2.31. The van der Waals surface area contributed by atoms with E-state index in [1.54, 1.807) is 0 Å². The van der Waals surface area contributed by atoms with Crippen molar-refractivity contribution < 1.29 is 4.74 Å². The number of rotatable bonds is 6. The lowest BCUT2D eigenvalue weighted by Crippen LogP contribution is -2.45. The van der Waals surface area contributed by atoms with Crippen molar-refractivity contribution in [3.63, 3.8) is 0 Å². The molecule has 0 aromatic heterocycles. The Morgan fingerprint density at radius 3 is 2.19 bits per heavy atom. The summed E-state index contributed by atoms with van der Waals surface area (Å²) in [7, 11) is 0. The normalized spacial score (nSPS) is 16.0. The van der Waals surface area contributed by atoms with Gasteiger partial charge < -0.3 is 10.1 Å². The Hall–Kier alpha value is -2.62. The average molecular weight is 358 g/mol. The van der Waals surface area contributed by atoms with Gasteiger partial charge >= 0.3 is 0 Å².